The second-order valence-corrected chi connectivity index (χ2v) is 10.8. The minimum absolute atomic E-state index is 0.0160. The molecule has 0 spiro atoms. The molecule has 46 heavy (non-hydrogen) atoms. The molecule has 240 valence electrons. The molecule has 0 bridgehead atoms. The highest BCUT2D eigenvalue weighted by Crippen LogP contribution is 2.34. The Hall–Kier alpha value is -5.24. The van der Waals surface area contributed by atoms with Gasteiger partial charge in [-0.25, -0.2) is 4.39 Å². The predicted molar refractivity (Wildman–Crippen MR) is 161 cm³/mol. The van der Waals surface area contributed by atoms with E-state index >= 15 is 0 Å². The second kappa shape index (κ2) is 13.8. The molecule has 0 saturated carbocycles. The molecule has 0 unspecified atom stereocenters. The van der Waals surface area contributed by atoms with E-state index in [-0.39, 0.29) is 38.4 Å². The van der Waals surface area contributed by atoms with E-state index < -0.39 is 23.7 Å². The molecule has 0 aliphatic carbocycles. The molecule has 2 aliphatic heterocycles. The average Bonchev–Trinajstić information content (AvgIpc) is 3.86. The van der Waals surface area contributed by atoms with Gasteiger partial charge >= 0.3 is 0 Å². The predicted octanol–water partition coefficient (Wildman–Crippen LogP) is 3.29. The first-order valence-corrected chi connectivity index (χ1v) is 14.7. The average molecular weight is 633 g/mol. The van der Waals surface area contributed by atoms with Gasteiger partial charge in [0.15, 0.2) is 23.0 Å². The van der Waals surface area contributed by atoms with E-state index in [1.54, 1.807) is 36.4 Å². The first kappa shape index (κ1) is 30.8. The Balaban J connectivity index is 1.31. The van der Waals surface area contributed by atoms with Crippen molar-refractivity contribution >= 4 is 11.8 Å². The Labute approximate surface area is 264 Å². The smallest absolute Gasteiger partial charge is 0.247 e. The number of carbonyl (C=O) groups excluding carboxylic acids is 2. The lowest BCUT2D eigenvalue weighted by Crippen LogP contribution is -2.46. The number of ether oxygens (including phenoxy) is 5. The van der Waals surface area contributed by atoms with Crippen LogP contribution in [0.25, 0.3) is 11.4 Å². The minimum Gasteiger partial charge on any atom is -0.493 e. The number of tetrazole rings is 1. The van der Waals surface area contributed by atoms with Gasteiger partial charge in [-0.2, -0.15) is 4.80 Å². The van der Waals surface area contributed by atoms with Crippen LogP contribution in [0.4, 0.5) is 4.39 Å². The number of halogens is 1. The highest BCUT2D eigenvalue weighted by Gasteiger charge is 2.33. The van der Waals surface area contributed by atoms with Gasteiger partial charge in [-0.1, -0.05) is 18.2 Å². The van der Waals surface area contributed by atoms with E-state index in [0.717, 1.165) is 17.6 Å². The van der Waals surface area contributed by atoms with Crippen LogP contribution in [0.1, 0.15) is 30.0 Å². The summed E-state index contributed by atoms with van der Waals surface area (Å²) in [6.45, 7) is 0.685. The standard InChI is InChI=1S/C32H33FN6O7/c1-42-25-12-8-22(15-27(25)43-2)31-35-37-39(36-31)18-29(40)38(17-20-5-11-26-28(14-20)46-19-45-26)30(21-6-9-23(33)10-7-21)32(41)34-16-24-4-3-13-44-24/h5-12,14-15,24,30H,3-4,13,16-19H2,1-2H3,(H,34,41)/t24-,30-/m0/s1. The molecule has 2 amide bonds. The Bertz CT molecular complexity index is 1690. The highest BCUT2D eigenvalue weighted by atomic mass is 19.1. The summed E-state index contributed by atoms with van der Waals surface area (Å²) in [5.74, 6) is 1.02. The monoisotopic (exact) mass is 632 g/mol. The summed E-state index contributed by atoms with van der Waals surface area (Å²) in [6, 6.07) is 14.9. The van der Waals surface area contributed by atoms with Crippen molar-refractivity contribution in [1.29, 1.82) is 0 Å². The summed E-state index contributed by atoms with van der Waals surface area (Å²) >= 11 is 0. The lowest BCUT2D eigenvalue weighted by atomic mass is 10.0. The lowest BCUT2D eigenvalue weighted by Gasteiger charge is -2.32. The van der Waals surface area contributed by atoms with Crippen LogP contribution in [0.5, 0.6) is 23.0 Å². The Morgan fingerprint density at radius 3 is 2.61 bits per heavy atom. The summed E-state index contributed by atoms with van der Waals surface area (Å²) in [5, 5.41) is 15.6. The Morgan fingerprint density at radius 1 is 1.04 bits per heavy atom. The van der Waals surface area contributed by atoms with Gasteiger partial charge < -0.3 is 33.9 Å². The molecule has 0 radical (unpaired) electrons. The van der Waals surface area contributed by atoms with E-state index in [1.165, 1.54) is 43.4 Å². The largest absolute Gasteiger partial charge is 0.493 e. The number of fused-ring (bicyclic) bond motifs is 1. The molecule has 2 atom stereocenters. The summed E-state index contributed by atoms with van der Waals surface area (Å²) in [5.41, 5.74) is 1.72. The maximum absolute atomic E-state index is 14.2. The molecule has 1 fully saturated rings. The molecular weight excluding hydrogens is 599 g/mol. The van der Waals surface area contributed by atoms with Crippen LogP contribution in [0.2, 0.25) is 0 Å². The number of benzene rings is 3. The van der Waals surface area contributed by atoms with Crippen molar-refractivity contribution < 1.29 is 37.7 Å². The number of nitrogens with zero attached hydrogens (tertiary/aromatic N) is 5. The zero-order chi connectivity index (χ0) is 32.0. The molecule has 1 saturated heterocycles. The molecule has 2 aliphatic rings. The van der Waals surface area contributed by atoms with Gasteiger partial charge in [0, 0.05) is 25.3 Å². The van der Waals surface area contributed by atoms with Crippen molar-refractivity contribution in [3.63, 3.8) is 0 Å². The zero-order valence-electron chi connectivity index (χ0n) is 25.3. The number of hydrogen-bond donors (Lipinski definition) is 1. The van der Waals surface area contributed by atoms with Crippen LogP contribution < -0.4 is 24.3 Å². The molecule has 6 rings (SSSR count). The topological polar surface area (TPSA) is 139 Å². The van der Waals surface area contributed by atoms with Crippen molar-refractivity contribution in [2.45, 2.75) is 38.1 Å². The summed E-state index contributed by atoms with van der Waals surface area (Å²) in [4.78, 5) is 30.6. The van der Waals surface area contributed by atoms with Gasteiger partial charge in [-0.3, -0.25) is 9.59 Å². The number of carbonyl (C=O) groups is 2. The zero-order valence-corrected chi connectivity index (χ0v) is 25.3. The van der Waals surface area contributed by atoms with E-state index in [2.05, 4.69) is 20.7 Å². The highest BCUT2D eigenvalue weighted by molar-refractivity contribution is 5.88. The van der Waals surface area contributed by atoms with Crippen LogP contribution in [0, 0.1) is 5.82 Å². The number of aromatic nitrogens is 4. The molecule has 3 heterocycles. The number of amides is 2. The van der Waals surface area contributed by atoms with Crippen LogP contribution in [0.15, 0.2) is 60.7 Å². The van der Waals surface area contributed by atoms with Gasteiger partial charge in [0.2, 0.25) is 24.4 Å². The molecule has 1 aromatic heterocycles. The van der Waals surface area contributed by atoms with Crippen molar-refractivity contribution in [2.75, 3.05) is 34.2 Å². The van der Waals surface area contributed by atoms with Crippen molar-refractivity contribution in [3.8, 4) is 34.4 Å². The first-order valence-electron chi connectivity index (χ1n) is 14.7. The Kier molecular flexibility index (Phi) is 9.24. The fourth-order valence-corrected chi connectivity index (χ4v) is 5.41. The quantitative estimate of drug-likeness (QED) is 0.248. The maximum atomic E-state index is 14.2. The van der Waals surface area contributed by atoms with Crippen molar-refractivity contribution in [3.05, 3.63) is 77.6 Å². The summed E-state index contributed by atoms with van der Waals surface area (Å²) in [6.07, 6.45) is 1.61. The molecule has 4 aromatic rings. The van der Waals surface area contributed by atoms with E-state index in [0.29, 0.717) is 46.3 Å². The third-order valence-corrected chi connectivity index (χ3v) is 7.76. The van der Waals surface area contributed by atoms with Gasteiger partial charge in [0.1, 0.15) is 18.4 Å². The van der Waals surface area contributed by atoms with Gasteiger partial charge in [0.05, 0.1) is 20.3 Å². The number of nitrogens with one attached hydrogen (secondary N) is 1. The van der Waals surface area contributed by atoms with E-state index in [1.807, 2.05) is 0 Å². The third-order valence-electron chi connectivity index (χ3n) is 7.76. The fourth-order valence-electron chi connectivity index (χ4n) is 5.41. The summed E-state index contributed by atoms with van der Waals surface area (Å²) in [7, 11) is 3.06. The third kappa shape index (κ3) is 6.86. The van der Waals surface area contributed by atoms with Gasteiger partial charge in [-0.05, 0) is 71.6 Å². The number of methoxy groups -OCH3 is 2. The molecule has 1 N–H and O–H groups in total. The minimum atomic E-state index is -1.12. The Morgan fingerprint density at radius 2 is 1.85 bits per heavy atom. The molecular formula is C32H33FN6O7. The SMILES string of the molecule is COc1ccc(-c2nnn(CC(=O)N(Cc3ccc4c(c3)OCO4)[C@H](C(=O)NC[C@@H]3CCCO3)c3ccc(F)cc3)n2)cc1OC. The second-order valence-electron chi connectivity index (χ2n) is 10.8. The van der Waals surface area contributed by atoms with Crippen LogP contribution in [0.3, 0.4) is 0 Å². The maximum Gasteiger partial charge on any atom is 0.247 e. The van der Waals surface area contributed by atoms with Crippen LogP contribution in [-0.4, -0.2) is 77.2 Å². The van der Waals surface area contributed by atoms with Crippen molar-refractivity contribution in [2.24, 2.45) is 0 Å². The first-order chi connectivity index (χ1) is 22.4. The van der Waals surface area contributed by atoms with Crippen molar-refractivity contribution in [1.82, 2.24) is 30.4 Å². The van der Waals surface area contributed by atoms with Crippen LogP contribution in [-0.2, 0) is 27.4 Å². The number of hydrogen-bond acceptors (Lipinski definition) is 10. The summed E-state index contributed by atoms with van der Waals surface area (Å²) < 4.78 is 41.3. The fraction of sp³-hybridized carbons (Fsp3) is 0.344. The molecule has 3 aromatic carbocycles. The van der Waals surface area contributed by atoms with E-state index in [4.69, 9.17) is 23.7 Å². The lowest BCUT2D eigenvalue weighted by molar-refractivity contribution is -0.142. The van der Waals surface area contributed by atoms with E-state index in [9.17, 15) is 14.0 Å². The van der Waals surface area contributed by atoms with Gasteiger partial charge in [0.25, 0.3) is 0 Å². The number of rotatable bonds is 12. The van der Waals surface area contributed by atoms with Crippen LogP contribution >= 0.6 is 0 Å². The van der Waals surface area contributed by atoms with Gasteiger partial charge in [-0.15, -0.1) is 10.2 Å². The normalized spacial score (nSPS) is 15.8. The molecule has 14 heteroatoms. The molecule has 13 nitrogen and oxygen atoms in total.